The van der Waals surface area contributed by atoms with E-state index in [0.29, 0.717) is 11.8 Å². The zero-order valence-corrected chi connectivity index (χ0v) is 11.9. The number of nitrogens with zero attached hydrogens (tertiary/aromatic N) is 1. The maximum absolute atomic E-state index is 11.9. The van der Waals surface area contributed by atoms with E-state index in [0.717, 1.165) is 32.4 Å². The number of carbonyl (C=O) groups excluding carboxylic acids is 1. The number of hydrogen-bond acceptors (Lipinski definition) is 2. The van der Waals surface area contributed by atoms with Crippen molar-refractivity contribution in [3.63, 3.8) is 0 Å². The predicted molar refractivity (Wildman–Crippen MR) is 70.5 cm³/mol. The van der Waals surface area contributed by atoms with Gasteiger partial charge in [-0.25, -0.2) is 4.79 Å². The zero-order valence-electron chi connectivity index (χ0n) is 11.2. The molecule has 1 amide bonds. The fourth-order valence-electron chi connectivity index (χ4n) is 2.16. The maximum atomic E-state index is 11.9. The van der Waals surface area contributed by atoms with Gasteiger partial charge in [-0.3, -0.25) is 0 Å². The normalized spacial score (nSPS) is 21.4. The van der Waals surface area contributed by atoms with Crippen LogP contribution in [0.25, 0.3) is 0 Å². The van der Waals surface area contributed by atoms with Crippen LogP contribution >= 0.6 is 11.6 Å². The minimum atomic E-state index is -0.403. The molecule has 0 radical (unpaired) electrons. The van der Waals surface area contributed by atoms with E-state index in [9.17, 15) is 4.79 Å². The molecule has 100 valence electrons. The van der Waals surface area contributed by atoms with Crippen LogP contribution in [0.3, 0.4) is 0 Å². The summed E-state index contributed by atoms with van der Waals surface area (Å²) < 4.78 is 5.39. The third-order valence-electron chi connectivity index (χ3n) is 2.92. The molecule has 0 bridgehead atoms. The minimum Gasteiger partial charge on any atom is -0.444 e. The van der Waals surface area contributed by atoms with Crippen molar-refractivity contribution in [1.82, 2.24) is 4.90 Å². The van der Waals surface area contributed by atoms with E-state index in [-0.39, 0.29) is 6.09 Å². The third kappa shape index (κ3) is 5.62. The Bertz CT molecular complexity index is 250. The van der Waals surface area contributed by atoms with Gasteiger partial charge in [0, 0.05) is 19.0 Å². The van der Waals surface area contributed by atoms with Gasteiger partial charge in [0.2, 0.25) is 0 Å². The first kappa shape index (κ1) is 14.6. The van der Waals surface area contributed by atoms with Crippen LogP contribution in [-0.4, -0.2) is 35.6 Å². The fourth-order valence-corrected chi connectivity index (χ4v) is 2.31. The minimum absolute atomic E-state index is 0.173. The number of ether oxygens (including phenoxy) is 1. The van der Waals surface area contributed by atoms with E-state index in [4.69, 9.17) is 16.3 Å². The van der Waals surface area contributed by atoms with E-state index in [1.54, 1.807) is 0 Å². The second kappa shape index (κ2) is 6.48. The molecule has 1 atom stereocenters. The summed E-state index contributed by atoms with van der Waals surface area (Å²) in [5, 5.41) is 0. The summed E-state index contributed by atoms with van der Waals surface area (Å²) in [5.41, 5.74) is -0.403. The number of carbonyl (C=O) groups is 1. The number of halogens is 1. The van der Waals surface area contributed by atoms with Crippen LogP contribution in [0.4, 0.5) is 4.79 Å². The third-order valence-corrected chi connectivity index (χ3v) is 3.18. The van der Waals surface area contributed by atoms with Gasteiger partial charge in [-0.1, -0.05) is 0 Å². The first-order valence-electron chi connectivity index (χ1n) is 6.46. The molecule has 3 nitrogen and oxygen atoms in total. The van der Waals surface area contributed by atoms with Crippen LogP contribution in [0.5, 0.6) is 0 Å². The molecule has 1 aliphatic heterocycles. The monoisotopic (exact) mass is 261 g/mol. The molecule has 0 saturated carbocycles. The molecule has 17 heavy (non-hydrogen) atoms. The molecule has 1 unspecified atom stereocenters. The lowest BCUT2D eigenvalue weighted by Crippen LogP contribution is -2.42. The van der Waals surface area contributed by atoms with E-state index in [2.05, 4.69) is 0 Å². The van der Waals surface area contributed by atoms with Crippen molar-refractivity contribution in [3.8, 4) is 0 Å². The average Bonchev–Trinajstić information content (AvgIpc) is 2.24. The zero-order chi connectivity index (χ0) is 12.9. The smallest absolute Gasteiger partial charge is 0.410 e. The van der Waals surface area contributed by atoms with Gasteiger partial charge in [0.1, 0.15) is 5.60 Å². The van der Waals surface area contributed by atoms with E-state index >= 15 is 0 Å². The topological polar surface area (TPSA) is 29.5 Å². The predicted octanol–water partition coefficient (Wildman–Crippen LogP) is 3.65. The number of hydrogen-bond donors (Lipinski definition) is 0. The molecule has 1 heterocycles. The summed E-state index contributed by atoms with van der Waals surface area (Å²) in [5.74, 6) is 1.30. The van der Waals surface area contributed by atoms with Crippen molar-refractivity contribution in [2.24, 2.45) is 5.92 Å². The van der Waals surface area contributed by atoms with Gasteiger partial charge in [-0.15, -0.1) is 11.6 Å². The van der Waals surface area contributed by atoms with Crippen LogP contribution in [0, 0.1) is 5.92 Å². The Balaban J connectivity index is 2.40. The van der Waals surface area contributed by atoms with Crippen molar-refractivity contribution in [3.05, 3.63) is 0 Å². The molecule has 0 aliphatic carbocycles. The standard InChI is InChI=1S/C13H24ClNO2/c1-13(2,3)17-12(16)15-9-5-7-11(10-15)6-4-8-14/h11H,4-10H2,1-3H3. The molecular weight excluding hydrogens is 238 g/mol. The van der Waals surface area contributed by atoms with Gasteiger partial charge in [0.25, 0.3) is 0 Å². The van der Waals surface area contributed by atoms with Gasteiger partial charge in [0.05, 0.1) is 0 Å². The highest BCUT2D eigenvalue weighted by atomic mass is 35.5. The van der Waals surface area contributed by atoms with Crippen LogP contribution in [0.1, 0.15) is 46.5 Å². The highest BCUT2D eigenvalue weighted by Crippen LogP contribution is 2.22. The first-order valence-corrected chi connectivity index (χ1v) is 6.99. The van der Waals surface area contributed by atoms with Crippen molar-refractivity contribution < 1.29 is 9.53 Å². The van der Waals surface area contributed by atoms with Crippen molar-refractivity contribution in [2.45, 2.75) is 52.1 Å². The van der Waals surface area contributed by atoms with Gasteiger partial charge in [0.15, 0.2) is 0 Å². The second-order valence-electron chi connectivity index (χ2n) is 5.77. The van der Waals surface area contributed by atoms with Crippen LogP contribution in [0.15, 0.2) is 0 Å². The summed E-state index contributed by atoms with van der Waals surface area (Å²) >= 11 is 5.70. The molecule has 0 aromatic carbocycles. The highest BCUT2D eigenvalue weighted by molar-refractivity contribution is 6.17. The summed E-state index contributed by atoms with van der Waals surface area (Å²) in [7, 11) is 0. The largest absolute Gasteiger partial charge is 0.444 e. The lowest BCUT2D eigenvalue weighted by Gasteiger charge is -2.34. The van der Waals surface area contributed by atoms with Gasteiger partial charge >= 0.3 is 6.09 Å². The van der Waals surface area contributed by atoms with E-state index in [1.165, 1.54) is 6.42 Å². The molecule has 0 spiro atoms. The van der Waals surface area contributed by atoms with Crippen molar-refractivity contribution in [2.75, 3.05) is 19.0 Å². The Morgan fingerprint density at radius 3 is 2.76 bits per heavy atom. The Morgan fingerprint density at radius 2 is 2.18 bits per heavy atom. The fraction of sp³-hybridized carbons (Fsp3) is 0.923. The van der Waals surface area contributed by atoms with E-state index < -0.39 is 5.60 Å². The van der Waals surface area contributed by atoms with Crippen LogP contribution in [0.2, 0.25) is 0 Å². The van der Waals surface area contributed by atoms with Gasteiger partial charge in [-0.2, -0.15) is 0 Å². The lowest BCUT2D eigenvalue weighted by molar-refractivity contribution is 0.0161. The van der Waals surface area contributed by atoms with Gasteiger partial charge in [-0.05, 0) is 52.4 Å². The molecule has 1 fully saturated rings. The number of rotatable bonds is 3. The maximum Gasteiger partial charge on any atom is 0.410 e. The van der Waals surface area contributed by atoms with Gasteiger partial charge < -0.3 is 9.64 Å². The number of piperidine rings is 1. The Morgan fingerprint density at radius 1 is 1.47 bits per heavy atom. The van der Waals surface area contributed by atoms with E-state index in [1.807, 2.05) is 25.7 Å². The lowest BCUT2D eigenvalue weighted by atomic mass is 9.94. The SMILES string of the molecule is CC(C)(C)OC(=O)N1CCCC(CCCCl)C1. The summed E-state index contributed by atoms with van der Waals surface area (Å²) in [4.78, 5) is 13.8. The van der Waals surface area contributed by atoms with Crippen molar-refractivity contribution in [1.29, 1.82) is 0 Å². The molecule has 0 aromatic heterocycles. The van der Waals surface area contributed by atoms with Crippen LogP contribution < -0.4 is 0 Å². The molecule has 1 saturated heterocycles. The summed E-state index contributed by atoms with van der Waals surface area (Å²) in [6.45, 7) is 7.36. The molecular formula is C13H24ClNO2. The Kier molecular flexibility index (Phi) is 5.57. The highest BCUT2D eigenvalue weighted by Gasteiger charge is 2.27. The summed E-state index contributed by atoms with van der Waals surface area (Å²) in [6.07, 6.45) is 4.26. The quantitative estimate of drug-likeness (QED) is 0.726. The molecule has 4 heteroatoms. The molecule has 0 N–H and O–H groups in total. The second-order valence-corrected chi connectivity index (χ2v) is 6.14. The summed E-state index contributed by atoms with van der Waals surface area (Å²) in [6, 6.07) is 0. The Hall–Kier alpha value is -0.440. The first-order chi connectivity index (χ1) is 7.92. The molecule has 1 rings (SSSR count). The number of amides is 1. The number of alkyl halides is 1. The number of likely N-dealkylation sites (tertiary alicyclic amines) is 1. The Labute approximate surface area is 109 Å². The molecule has 0 aromatic rings. The average molecular weight is 262 g/mol. The molecule has 1 aliphatic rings. The van der Waals surface area contributed by atoms with Crippen LogP contribution in [-0.2, 0) is 4.74 Å². The van der Waals surface area contributed by atoms with Crippen molar-refractivity contribution >= 4 is 17.7 Å².